The van der Waals surface area contributed by atoms with Crippen molar-refractivity contribution in [2.45, 2.75) is 20.1 Å². The highest BCUT2D eigenvalue weighted by molar-refractivity contribution is 5.87. The number of rotatable bonds is 8. The number of benzene rings is 2. The molecule has 0 unspecified atom stereocenters. The molecular formula is C21H18F2N2O5. The maximum atomic E-state index is 12.4. The molecule has 0 radical (unpaired) electrons. The summed E-state index contributed by atoms with van der Waals surface area (Å²) in [6.45, 7) is -1.21. The lowest BCUT2D eigenvalue weighted by molar-refractivity contribution is -0.139. The topological polar surface area (TPSA) is 83.7 Å². The molecule has 1 aromatic heterocycles. The third-order valence-corrected chi connectivity index (χ3v) is 3.89. The van der Waals surface area contributed by atoms with E-state index in [9.17, 15) is 13.6 Å². The summed E-state index contributed by atoms with van der Waals surface area (Å²) >= 11 is 0. The number of carbonyl (C=O) groups is 1. The quantitative estimate of drug-likeness (QED) is 0.397. The maximum Gasteiger partial charge on any atom is 0.387 e. The second-order valence-corrected chi connectivity index (χ2v) is 6.10. The van der Waals surface area contributed by atoms with Crippen molar-refractivity contribution in [3.8, 4) is 23.0 Å². The summed E-state index contributed by atoms with van der Waals surface area (Å²) in [5.41, 5.74) is 2.35. The number of aryl methyl sites for hydroxylation is 1. The van der Waals surface area contributed by atoms with E-state index in [2.05, 4.69) is 14.9 Å². The first-order valence-corrected chi connectivity index (χ1v) is 8.81. The minimum atomic E-state index is -2.97. The lowest BCUT2D eigenvalue weighted by Gasteiger charge is -2.10. The Hall–Kier alpha value is -3.75. The molecule has 0 amide bonds. The number of hydrogen-bond acceptors (Lipinski definition) is 7. The molecular weight excluding hydrogens is 398 g/mol. The zero-order valence-corrected chi connectivity index (χ0v) is 16.2. The number of methoxy groups -OCH3 is 1. The van der Waals surface area contributed by atoms with Gasteiger partial charge in [0.25, 0.3) is 5.89 Å². The first-order valence-electron chi connectivity index (χ1n) is 8.81. The van der Waals surface area contributed by atoms with Crippen molar-refractivity contribution in [3.05, 3.63) is 65.6 Å². The van der Waals surface area contributed by atoms with Gasteiger partial charge in [0.15, 0.2) is 18.1 Å². The lowest BCUT2D eigenvalue weighted by atomic mass is 10.1. The number of carbonyl (C=O) groups excluding carboxylic acids is 1. The van der Waals surface area contributed by atoms with E-state index in [-0.39, 0.29) is 24.0 Å². The van der Waals surface area contributed by atoms with Crippen molar-refractivity contribution < 1.29 is 32.2 Å². The monoisotopic (exact) mass is 416 g/mol. The molecule has 9 heteroatoms. The zero-order valence-electron chi connectivity index (χ0n) is 16.2. The van der Waals surface area contributed by atoms with E-state index < -0.39 is 12.6 Å². The van der Waals surface area contributed by atoms with Crippen LogP contribution in [0.5, 0.6) is 11.5 Å². The van der Waals surface area contributed by atoms with Gasteiger partial charge >= 0.3 is 12.6 Å². The molecule has 0 saturated heterocycles. The molecule has 0 saturated carbocycles. The fourth-order valence-corrected chi connectivity index (χ4v) is 2.53. The van der Waals surface area contributed by atoms with E-state index in [4.69, 9.17) is 13.9 Å². The number of esters is 1. The van der Waals surface area contributed by atoms with E-state index in [0.29, 0.717) is 11.5 Å². The van der Waals surface area contributed by atoms with Gasteiger partial charge in [-0.05, 0) is 42.8 Å². The average Bonchev–Trinajstić information content (AvgIpc) is 3.20. The molecule has 0 atom stereocenters. The summed E-state index contributed by atoms with van der Waals surface area (Å²) < 4.78 is 44.7. The Kier molecular flexibility index (Phi) is 6.74. The van der Waals surface area contributed by atoms with Crippen LogP contribution in [0.1, 0.15) is 17.0 Å². The summed E-state index contributed by atoms with van der Waals surface area (Å²) in [6.07, 6.45) is 2.63. The van der Waals surface area contributed by atoms with Gasteiger partial charge < -0.3 is 18.6 Å². The number of halogens is 2. The van der Waals surface area contributed by atoms with Crippen LogP contribution in [-0.2, 0) is 16.1 Å². The molecule has 0 bridgehead atoms. The molecule has 0 aliphatic carbocycles. The Balaban J connectivity index is 1.58. The SMILES string of the molecule is COc1cc(/C=C/C(=O)OCc2nnc(-c3cccc(C)c3)o2)ccc1OC(F)F. The van der Waals surface area contributed by atoms with Crippen LogP contribution in [0.2, 0.25) is 0 Å². The molecule has 3 rings (SSSR count). The molecule has 30 heavy (non-hydrogen) atoms. The van der Waals surface area contributed by atoms with Gasteiger partial charge in [-0.2, -0.15) is 8.78 Å². The fraction of sp³-hybridized carbons (Fsp3) is 0.190. The van der Waals surface area contributed by atoms with Crippen LogP contribution in [0.4, 0.5) is 8.78 Å². The number of ether oxygens (including phenoxy) is 3. The summed E-state index contributed by atoms with van der Waals surface area (Å²) in [7, 11) is 1.32. The highest BCUT2D eigenvalue weighted by Gasteiger charge is 2.12. The van der Waals surface area contributed by atoms with E-state index >= 15 is 0 Å². The summed E-state index contributed by atoms with van der Waals surface area (Å²) in [6, 6.07) is 11.8. The molecule has 2 aromatic carbocycles. The average molecular weight is 416 g/mol. The van der Waals surface area contributed by atoms with Crippen LogP contribution < -0.4 is 9.47 Å². The Bertz CT molecular complexity index is 1050. The highest BCUT2D eigenvalue weighted by Crippen LogP contribution is 2.29. The van der Waals surface area contributed by atoms with Gasteiger partial charge in [-0.25, -0.2) is 4.79 Å². The number of hydrogen-bond donors (Lipinski definition) is 0. The van der Waals surface area contributed by atoms with Crippen molar-refractivity contribution in [2.24, 2.45) is 0 Å². The van der Waals surface area contributed by atoms with Gasteiger partial charge in [-0.3, -0.25) is 0 Å². The van der Waals surface area contributed by atoms with Gasteiger partial charge in [0.1, 0.15) is 0 Å². The fourth-order valence-electron chi connectivity index (χ4n) is 2.53. The smallest absolute Gasteiger partial charge is 0.387 e. The molecule has 0 spiro atoms. The molecule has 7 nitrogen and oxygen atoms in total. The molecule has 0 fully saturated rings. The molecule has 1 heterocycles. The van der Waals surface area contributed by atoms with Gasteiger partial charge in [0, 0.05) is 11.6 Å². The van der Waals surface area contributed by atoms with E-state index in [1.54, 1.807) is 0 Å². The van der Waals surface area contributed by atoms with Gasteiger partial charge in [0.2, 0.25) is 5.89 Å². The van der Waals surface area contributed by atoms with Crippen molar-refractivity contribution in [1.29, 1.82) is 0 Å². The molecule has 0 aliphatic rings. The second kappa shape index (κ2) is 9.64. The first-order chi connectivity index (χ1) is 14.4. The second-order valence-electron chi connectivity index (χ2n) is 6.10. The van der Waals surface area contributed by atoms with Gasteiger partial charge in [0.05, 0.1) is 7.11 Å². The van der Waals surface area contributed by atoms with Crippen molar-refractivity contribution in [1.82, 2.24) is 10.2 Å². The largest absolute Gasteiger partial charge is 0.493 e. The van der Waals surface area contributed by atoms with Crippen LogP contribution in [0.15, 0.2) is 53.0 Å². The van der Waals surface area contributed by atoms with Crippen LogP contribution >= 0.6 is 0 Å². The predicted molar refractivity (Wildman–Crippen MR) is 103 cm³/mol. The lowest BCUT2D eigenvalue weighted by Crippen LogP contribution is -2.03. The Morgan fingerprint density at radius 3 is 2.73 bits per heavy atom. The van der Waals surface area contributed by atoms with Crippen LogP contribution in [0.25, 0.3) is 17.5 Å². The van der Waals surface area contributed by atoms with Gasteiger partial charge in [-0.1, -0.05) is 23.8 Å². The highest BCUT2D eigenvalue weighted by atomic mass is 19.3. The third kappa shape index (κ3) is 5.63. The van der Waals surface area contributed by atoms with Crippen LogP contribution in [0, 0.1) is 6.92 Å². The Morgan fingerprint density at radius 1 is 1.17 bits per heavy atom. The number of alkyl halides is 2. The Labute approximate surface area is 170 Å². The van der Waals surface area contributed by atoms with Crippen molar-refractivity contribution in [2.75, 3.05) is 7.11 Å². The van der Waals surface area contributed by atoms with Crippen molar-refractivity contribution >= 4 is 12.0 Å². The van der Waals surface area contributed by atoms with E-state index in [1.165, 1.54) is 37.5 Å². The standard InChI is InChI=1S/C21H18F2N2O5/c1-13-4-3-5-15(10-13)20-25-24-18(30-20)12-28-19(26)9-7-14-6-8-16(29-21(22)23)17(11-14)27-2/h3-11,21H,12H2,1-2H3/b9-7+. The third-order valence-electron chi connectivity index (χ3n) is 3.89. The normalized spacial score (nSPS) is 11.1. The summed E-state index contributed by atoms with van der Waals surface area (Å²) in [4.78, 5) is 11.9. The van der Waals surface area contributed by atoms with Gasteiger partial charge in [-0.15, -0.1) is 10.2 Å². The predicted octanol–water partition coefficient (Wildman–Crippen LogP) is 4.41. The molecule has 0 N–H and O–H groups in total. The number of aromatic nitrogens is 2. The first kappa shape index (κ1) is 21.0. The van der Waals surface area contributed by atoms with Crippen LogP contribution in [-0.4, -0.2) is 29.9 Å². The summed E-state index contributed by atoms with van der Waals surface area (Å²) in [5.74, 6) is -0.146. The molecule has 156 valence electrons. The Morgan fingerprint density at radius 2 is 2.00 bits per heavy atom. The van der Waals surface area contributed by atoms with E-state index in [0.717, 1.165) is 11.1 Å². The van der Waals surface area contributed by atoms with Crippen molar-refractivity contribution in [3.63, 3.8) is 0 Å². The minimum Gasteiger partial charge on any atom is -0.493 e. The van der Waals surface area contributed by atoms with E-state index in [1.807, 2.05) is 31.2 Å². The zero-order chi connectivity index (χ0) is 21.5. The minimum absolute atomic E-state index is 0.104. The number of nitrogens with zero attached hydrogens (tertiary/aromatic N) is 2. The maximum absolute atomic E-state index is 12.4. The molecule has 0 aliphatic heterocycles. The molecule has 3 aromatic rings. The van der Waals surface area contributed by atoms with Crippen LogP contribution in [0.3, 0.4) is 0 Å². The summed E-state index contributed by atoms with van der Waals surface area (Å²) in [5, 5.41) is 7.80.